The molecular formula is C14H24O. The Morgan fingerprint density at radius 1 is 1.60 bits per heavy atom. The molecule has 0 heterocycles. The highest BCUT2D eigenvalue weighted by molar-refractivity contribution is 5.18. The Bertz CT molecular complexity index is 280. The van der Waals surface area contributed by atoms with E-state index in [2.05, 4.69) is 33.8 Å². The summed E-state index contributed by atoms with van der Waals surface area (Å²) in [6.45, 7) is 10.6. The van der Waals surface area contributed by atoms with Gasteiger partial charge >= 0.3 is 0 Å². The molecule has 3 atom stereocenters. The molecule has 0 aromatic heterocycles. The van der Waals surface area contributed by atoms with E-state index in [4.69, 9.17) is 0 Å². The van der Waals surface area contributed by atoms with Crippen molar-refractivity contribution in [3.63, 3.8) is 0 Å². The minimum Gasteiger partial charge on any atom is -0.386 e. The van der Waals surface area contributed by atoms with Crippen LogP contribution in [-0.2, 0) is 0 Å². The topological polar surface area (TPSA) is 20.2 Å². The number of rotatable bonds is 2. The van der Waals surface area contributed by atoms with Crippen LogP contribution in [0.1, 0.15) is 47.5 Å². The Kier molecular flexibility index (Phi) is 3.77. The smallest absolute Gasteiger partial charge is 0.0805 e. The Hall–Kier alpha value is -0.560. The molecule has 0 aromatic rings. The molecular weight excluding hydrogens is 184 g/mol. The fourth-order valence-electron chi connectivity index (χ4n) is 2.68. The van der Waals surface area contributed by atoms with Crippen LogP contribution in [0.3, 0.4) is 0 Å². The van der Waals surface area contributed by atoms with Crippen molar-refractivity contribution in [3.05, 3.63) is 23.3 Å². The number of hydrogen-bond acceptors (Lipinski definition) is 1. The van der Waals surface area contributed by atoms with Gasteiger partial charge in [-0.3, -0.25) is 0 Å². The Morgan fingerprint density at radius 3 is 2.67 bits per heavy atom. The summed E-state index contributed by atoms with van der Waals surface area (Å²) in [5, 5.41) is 10.0. The maximum Gasteiger partial charge on any atom is 0.0805 e. The van der Waals surface area contributed by atoms with Crippen molar-refractivity contribution in [2.45, 2.75) is 53.1 Å². The molecule has 1 aliphatic rings. The molecule has 0 spiro atoms. The van der Waals surface area contributed by atoms with Crippen molar-refractivity contribution in [1.29, 1.82) is 0 Å². The van der Waals surface area contributed by atoms with E-state index < -0.39 is 5.60 Å². The summed E-state index contributed by atoms with van der Waals surface area (Å²) < 4.78 is 0. The second-order valence-electron chi connectivity index (χ2n) is 5.55. The lowest BCUT2D eigenvalue weighted by Crippen LogP contribution is -2.33. The summed E-state index contributed by atoms with van der Waals surface area (Å²) in [5.41, 5.74) is 2.13. The Morgan fingerprint density at radius 2 is 2.20 bits per heavy atom. The molecule has 1 rings (SSSR count). The molecule has 0 aromatic carbocycles. The van der Waals surface area contributed by atoms with Crippen molar-refractivity contribution in [2.24, 2.45) is 11.8 Å². The molecule has 0 radical (unpaired) electrons. The van der Waals surface area contributed by atoms with Crippen LogP contribution in [0.2, 0.25) is 0 Å². The maximum atomic E-state index is 10.0. The molecule has 3 unspecified atom stereocenters. The van der Waals surface area contributed by atoms with Crippen LogP contribution in [0.15, 0.2) is 23.3 Å². The van der Waals surface area contributed by atoms with Crippen LogP contribution in [0.4, 0.5) is 0 Å². The molecule has 86 valence electrons. The second-order valence-corrected chi connectivity index (χ2v) is 5.55. The van der Waals surface area contributed by atoms with Crippen molar-refractivity contribution >= 4 is 0 Å². The number of aliphatic hydroxyl groups is 1. The first-order valence-corrected chi connectivity index (χ1v) is 5.87. The molecule has 0 fully saturated rings. The van der Waals surface area contributed by atoms with Crippen molar-refractivity contribution in [1.82, 2.24) is 0 Å². The fourth-order valence-corrected chi connectivity index (χ4v) is 2.68. The van der Waals surface area contributed by atoms with E-state index in [0.29, 0.717) is 11.8 Å². The number of allylic oxidation sites excluding steroid dienone is 3. The summed E-state index contributed by atoms with van der Waals surface area (Å²) in [6, 6.07) is 0. The van der Waals surface area contributed by atoms with E-state index in [1.54, 1.807) is 0 Å². The minimum absolute atomic E-state index is 0.570. The standard InChI is InChI=1S/C14H24O/c1-10(2)6-7-13-11(3)8-14(5,15)9-12(13)4/h6,8,12-13,15H,7,9H2,1-5H3. The van der Waals surface area contributed by atoms with E-state index >= 15 is 0 Å². The van der Waals surface area contributed by atoms with Crippen LogP contribution in [-0.4, -0.2) is 10.7 Å². The van der Waals surface area contributed by atoms with Gasteiger partial charge < -0.3 is 5.11 Å². The summed E-state index contributed by atoms with van der Waals surface area (Å²) in [4.78, 5) is 0. The van der Waals surface area contributed by atoms with E-state index in [0.717, 1.165) is 12.8 Å². The maximum absolute atomic E-state index is 10.0. The van der Waals surface area contributed by atoms with Gasteiger partial charge in [-0.05, 0) is 52.4 Å². The zero-order valence-electron chi connectivity index (χ0n) is 10.7. The van der Waals surface area contributed by atoms with E-state index in [1.807, 2.05) is 13.0 Å². The Labute approximate surface area is 93.9 Å². The molecule has 0 saturated heterocycles. The van der Waals surface area contributed by atoms with E-state index in [9.17, 15) is 5.11 Å². The summed E-state index contributed by atoms with van der Waals surface area (Å²) in [6.07, 6.45) is 6.34. The molecule has 1 heteroatoms. The zero-order valence-corrected chi connectivity index (χ0v) is 10.7. The monoisotopic (exact) mass is 208 g/mol. The third-order valence-corrected chi connectivity index (χ3v) is 3.33. The molecule has 0 amide bonds. The van der Waals surface area contributed by atoms with Gasteiger partial charge in [0, 0.05) is 0 Å². The lowest BCUT2D eigenvalue weighted by molar-refractivity contribution is 0.0638. The predicted octanol–water partition coefficient (Wildman–Crippen LogP) is 3.70. The molecule has 0 saturated carbocycles. The van der Waals surface area contributed by atoms with Gasteiger partial charge in [0.15, 0.2) is 0 Å². The highest BCUT2D eigenvalue weighted by Crippen LogP contribution is 2.37. The van der Waals surface area contributed by atoms with Crippen LogP contribution < -0.4 is 0 Å². The molecule has 1 aliphatic carbocycles. The molecule has 1 nitrogen and oxygen atoms in total. The second kappa shape index (κ2) is 4.52. The lowest BCUT2D eigenvalue weighted by Gasteiger charge is -2.36. The van der Waals surface area contributed by atoms with Gasteiger partial charge in [-0.2, -0.15) is 0 Å². The average Bonchev–Trinajstić information content (AvgIpc) is 1.98. The third kappa shape index (κ3) is 3.49. The number of hydrogen-bond donors (Lipinski definition) is 1. The van der Waals surface area contributed by atoms with Gasteiger partial charge in [0.1, 0.15) is 0 Å². The van der Waals surface area contributed by atoms with Gasteiger partial charge in [-0.15, -0.1) is 0 Å². The Balaban J connectivity index is 2.78. The quantitative estimate of drug-likeness (QED) is 0.686. The molecule has 0 aliphatic heterocycles. The zero-order chi connectivity index (χ0) is 11.6. The predicted molar refractivity (Wildman–Crippen MR) is 65.7 cm³/mol. The normalized spacial score (nSPS) is 36.0. The highest BCUT2D eigenvalue weighted by atomic mass is 16.3. The first-order valence-electron chi connectivity index (χ1n) is 5.87. The van der Waals surface area contributed by atoms with Gasteiger partial charge in [0.25, 0.3) is 0 Å². The molecule has 1 N–H and O–H groups in total. The van der Waals surface area contributed by atoms with E-state index in [-0.39, 0.29) is 0 Å². The molecule has 0 bridgehead atoms. The van der Waals surface area contributed by atoms with Crippen LogP contribution >= 0.6 is 0 Å². The van der Waals surface area contributed by atoms with Gasteiger partial charge in [-0.25, -0.2) is 0 Å². The lowest BCUT2D eigenvalue weighted by atomic mass is 9.73. The average molecular weight is 208 g/mol. The van der Waals surface area contributed by atoms with Gasteiger partial charge in [-0.1, -0.05) is 30.2 Å². The van der Waals surface area contributed by atoms with Crippen molar-refractivity contribution in [3.8, 4) is 0 Å². The molecule has 15 heavy (non-hydrogen) atoms. The van der Waals surface area contributed by atoms with Crippen molar-refractivity contribution < 1.29 is 5.11 Å². The van der Waals surface area contributed by atoms with Gasteiger partial charge in [0.05, 0.1) is 5.60 Å². The first kappa shape index (κ1) is 12.5. The minimum atomic E-state index is -0.592. The summed E-state index contributed by atoms with van der Waals surface area (Å²) in [7, 11) is 0. The van der Waals surface area contributed by atoms with Crippen LogP contribution in [0.5, 0.6) is 0 Å². The van der Waals surface area contributed by atoms with Crippen molar-refractivity contribution in [2.75, 3.05) is 0 Å². The van der Waals surface area contributed by atoms with Gasteiger partial charge in [0.2, 0.25) is 0 Å². The fraction of sp³-hybridized carbons (Fsp3) is 0.714. The SMILES string of the molecule is CC(C)=CCC1C(C)=CC(C)(O)CC1C. The summed E-state index contributed by atoms with van der Waals surface area (Å²) in [5.74, 6) is 1.18. The van der Waals surface area contributed by atoms with Crippen LogP contribution in [0.25, 0.3) is 0 Å². The first-order chi connectivity index (χ1) is 6.82. The summed E-state index contributed by atoms with van der Waals surface area (Å²) >= 11 is 0. The third-order valence-electron chi connectivity index (χ3n) is 3.33. The highest BCUT2D eigenvalue weighted by Gasteiger charge is 2.31. The van der Waals surface area contributed by atoms with E-state index in [1.165, 1.54) is 11.1 Å². The largest absolute Gasteiger partial charge is 0.386 e. The van der Waals surface area contributed by atoms with Crippen LogP contribution in [0, 0.1) is 11.8 Å².